The van der Waals surface area contributed by atoms with Crippen molar-refractivity contribution in [2.24, 2.45) is 29.1 Å². The van der Waals surface area contributed by atoms with Crippen LogP contribution in [0.1, 0.15) is 58.4 Å². The van der Waals surface area contributed by atoms with Crippen molar-refractivity contribution in [3.05, 3.63) is 75.3 Å². The summed E-state index contributed by atoms with van der Waals surface area (Å²) in [5.74, 6) is -4.82. The van der Waals surface area contributed by atoms with Crippen LogP contribution in [-0.2, 0) is 14.4 Å². The Balaban J connectivity index is 1.52. The molecule has 2 aromatic rings. The van der Waals surface area contributed by atoms with Crippen LogP contribution in [0.2, 0.25) is 0 Å². The predicted molar refractivity (Wildman–Crippen MR) is 147 cm³/mol. The highest BCUT2D eigenvalue weighted by Crippen LogP contribution is 2.63. The maximum Gasteiger partial charge on any atom is 0.305 e. The third-order valence-electron chi connectivity index (χ3n) is 9.48. The number of carboxylic acids is 1. The minimum Gasteiger partial charge on any atom is -0.496 e. The molecule has 40 heavy (non-hydrogen) atoms. The summed E-state index contributed by atoms with van der Waals surface area (Å²) in [6.45, 7) is 1.68. The Kier molecular flexibility index (Phi) is 6.33. The number of aliphatic carboxylic acids is 1. The average Bonchev–Trinajstić information content (AvgIpc) is 3.19. The topological polar surface area (TPSA) is 118 Å². The first-order valence-corrected chi connectivity index (χ1v) is 14.2. The monoisotopic (exact) mass is 605 g/mol. The summed E-state index contributed by atoms with van der Waals surface area (Å²) < 4.78 is 6.36. The number of hydrogen-bond acceptors (Lipinski definition) is 6. The van der Waals surface area contributed by atoms with E-state index in [9.17, 15) is 24.0 Å². The first-order valence-electron chi connectivity index (χ1n) is 13.4. The van der Waals surface area contributed by atoms with Crippen molar-refractivity contribution in [2.45, 2.75) is 32.1 Å². The number of nitrogens with zero attached hydrogens (tertiary/aromatic N) is 1. The number of rotatable bonds is 5. The fourth-order valence-corrected chi connectivity index (χ4v) is 7.96. The largest absolute Gasteiger partial charge is 0.496 e. The number of benzene rings is 2. The van der Waals surface area contributed by atoms with Gasteiger partial charge in [-0.25, -0.2) is 0 Å². The summed E-state index contributed by atoms with van der Waals surface area (Å²) in [7, 11) is 1.47. The molecule has 0 spiro atoms. The van der Waals surface area contributed by atoms with Gasteiger partial charge < -0.3 is 9.84 Å². The maximum atomic E-state index is 14.4. The fraction of sp³-hybridized carbons (Fsp3) is 0.387. The highest BCUT2D eigenvalue weighted by atomic mass is 79.9. The molecule has 4 aliphatic rings. The van der Waals surface area contributed by atoms with Crippen LogP contribution >= 0.6 is 15.9 Å². The molecule has 2 fully saturated rings. The van der Waals surface area contributed by atoms with Crippen LogP contribution in [-0.4, -0.2) is 53.0 Å². The summed E-state index contributed by atoms with van der Waals surface area (Å²) in [5.41, 5.74) is 1.25. The van der Waals surface area contributed by atoms with Gasteiger partial charge in [-0.1, -0.05) is 58.8 Å². The number of carbonyl (C=O) groups is 5. The normalized spacial score (nSPS) is 30.7. The summed E-state index contributed by atoms with van der Waals surface area (Å²) in [6.07, 6.45) is 2.23. The smallest absolute Gasteiger partial charge is 0.305 e. The summed E-state index contributed by atoms with van der Waals surface area (Å²) in [6, 6.07) is 12.7. The van der Waals surface area contributed by atoms with E-state index < -0.39 is 46.9 Å². The van der Waals surface area contributed by atoms with Gasteiger partial charge in [0.1, 0.15) is 5.75 Å². The van der Waals surface area contributed by atoms with Gasteiger partial charge in [-0.05, 0) is 42.5 Å². The fourth-order valence-electron chi connectivity index (χ4n) is 7.70. The highest BCUT2D eigenvalue weighted by molar-refractivity contribution is 9.10. The first-order chi connectivity index (χ1) is 19.1. The molecule has 3 aliphatic carbocycles. The molecule has 1 N–H and O–H groups in total. The number of amides is 2. The molecular weight excluding hydrogens is 578 g/mol. The molecule has 1 saturated carbocycles. The van der Waals surface area contributed by atoms with Gasteiger partial charge in [0, 0.05) is 28.4 Å². The maximum absolute atomic E-state index is 14.4. The number of hydrogen-bond donors (Lipinski definition) is 1. The predicted octanol–water partition coefficient (Wildman–Crippen LogP) is 4.67. The minimum absolute atomic E-state index is 0.141. The van der Waals surface area contributed by atoms with E-state index in [0.717, 1.165) is 20.5 Å². The third kappa shape index (κ3) is 3.66. The van der Waals surface area contributed by atoms with Gasteiger partial charge in [0.2, 0.25) is 11.8 Å². The second kappa shape index (κ2) is 9.51. The second-order valence-electron chi connectivity index (χ2n) is 11.3. The van der Waals surface area contributed by atoms with E-state index in [1.54, 1.807) is 18.2 Å². The van der Waals surface area contributed by atoms with E-state index in [-0.39, 0.29) is 42.4 Å². The minimum atomic E-state index is -1.12. The number of carbonyl (C=O) groups excluding carboxylic acids is 4. The van der Waals surface area contributed by atoms with Crippen molar-refractivity contribution in [1.82, 2.24) is 4.90 Å². The van der Waals surface area contributed by atoms with Crippen molar-refractivity contribution >= 4 is 45.3 Å². The van der Waals surface area contributed by atoms with E-state index in [1.165, 1.54) is 7.11 Å². The molecule has 9 heteroatoms. The van der Waals surface area contributed by atoms with Gasteiger partial charge in [-0.15, -0.1) is 0 Å². The Hall–Kier alpha value is -3.59. The van der Waals surface area contributed by atoms with Gasteiger partial charge in [0.25, 0.3) is 0 Å². The number of likely N-dealkylation sites (tertiary alicyclic amines) is 1. The van der Waals surface area contributed by atoms with Gasteiger partial charge >= 0.3 is 5.97 Å². The van der Waals surface area contributed by atoms with E-state index in [4.69, 9.17) is 9.84 Å². The SMILES string of the molecule is COc1cccc2c1C(=O)[C@@H]1C[C@@H]3C(=CC[C@@H]4C(=O)N(CCC(=O)O)C(=O)[C@@H]43)[C@H](c3ccc(Br)cc3)[C@]1(C)C2=O. The number of ketones is 2. The van der Waals surface area contributed by atoms with E-state index in [1.807, 2.05) is 37.3 Å². The van der Waals surface area contributed by atoms with Crippen LogP contribution in [0, 0.1) is 29.1 Å². The number of halogens is 1. The Morgan fingerprint density at radius 1 is 1.07 bits per heavy atom. The number of carboxylic acid groups (broad SMARTS) is 1. The lowest BCUT2D eigenvalue weighted by atomic mass is 9.46. The molecule has 8 nitrogen and oxygen atoms in total. The zero-order chi connectivity index (χ0) is 28.5. The van der Waals surface area contributed by atoms with Crippen molar-refractivity contribution < 1.29 is 33.8 Å². The van der Waals surface area contributed by atoms with Gasteiger partial charge in [0.15, 0.2) is 11.6 Å². The van der Waals surface area contributed by atoms with Crippen molar-refractivity contribution in [3.63, 3.8) is 0 Å². The summed E-state index contributed by atoms with van der Waals surface area (Å²) in [4.78, 5) is 68.0. The number of allylic oxidation sites excluding steroid dienone is 2. The molecule has 0 aromatic heterocycles. The number of ether oxygens (including phenoxy) is 1. The Morgan fingerprint density at radius 3 is 2.48 bits per heavy atom. The summed E-state index contributed by atoms with van der Waals surface area (Å²) in [5, 5.41) is 9.16. The van der Waals surface area contributed by atoms with Crippen molar-refractivity contribution in [3.8, 4) is 5.75 Å². The first kappa shape index (κ1) is 26.6. The van der Waals surface area contributed by atoms with E-state index >= 15 is 0 Å². The molecule has 0 bridgehead atoms. The van der Waals surface area contributed by atoms with Crippen molar-refractivity contribution in [1.29, 1.82) is 0 Å². The van der Waals surface area contributed by atoms with E-state index in [0.29, 0.717) is 17.7 Å². The Bertz CT molecular complexity index is 1510. The average molecular weight is 606 g/mol. The van der Waals surface area contributed by atoms with Gasteiger partial charge in [-0.2, -0.15) is 0 Å². The van der Waals surface area contributed by atoms with Crippen LogP contribution in [0.3, 0.4) is 0 Å². The molecule has 1 saturated heterocycles. The Morgan fingerprint density at radius 2 is 1.80 bits per heavy atom. The highest BCUT2D eigenvalue weighted by Gasteiger charge is 2.64. The number of imide groups is 1. The number of fused-ring (bicyclic) bond motifs is 5. The number of Topliss-reactive ketones (excluding diaryl/α,β-unsaturated/α-hetero) is 2. The molecule has 6 rings (SSSR count). The molecule has 2 aromatic carbocycles. The van der Waals surface area contributed by atoms with Gasteiger partial charge in [-0.3, -0.25) is 28.9 Å². The van der Waals surface area contributed by atoms with Gasteiger partial charge in [0.05, 0.1) is 36.3 Å². The quantitative estimate of drug-likeness (QED) is 0.388. The van der Waals surface area contributed by atoms with Crippen LogP contribution < -0.4 is 4.74 Å². The molecular formula is C31H28BrNO7. The summed E-state index contributed by atoms with van der Waals surface area (Å²) >= 11 is 3.48. The van der Waals surface area contributed by atoms with Crippen LogP contribution in [0.25, 0.3) is 0 Å². The third-order valence-corrected chi connectivity index (χ3v) is 10.0. The zero-order valence-corrected chi connectivity index (χ0v) is 23.6. The molecule has 1 aliphatic heterocycles. The molecule has 2 amide bonds. The van der Waals surface area contributed by atoms with E-state index in [2.05, 4.69) is 15.9 Å². The molecule has 0 unspecified atom stereocenters. The van der Waals surface area contributed by atoms with Crippen LogP contribution in [0.4, 0.5) is 0 Å². The molecule has 0 radical (unpaired) electrons. The van der Waals surface area contributed by atoms with Crippen LogP contribution in [0.15, 0.2) is 58.6 Å². The Labute approximate surface area is 239 Å². The lowest BCUT2D eigenvalue weighted by Crippen LogP contribution is -2.55. The van der Waals surface area contributed by atoms with Crippen molar-refractivity contribution in [2.75, 3.05) is 13.7 Å². The lowest BCUT2D eigenvalue weighted by molar-refractivity contribution is -0.142. The van der Waals surface area contributed by atoms with Crippen LogP contribution in [0.5, 0.6) is 5.75 Å². The lowest BCUT2D eigenvalue weighted by Gasteiger charge is -2.54. The zero-order valence-electron chi connectivity index (χ0n) is 22.1. The molecule has 1 heterocycles. The molecule has 206 valence electrons. The number of methoxy groups -OCH3 is 1. The standard InChI is InChI=1S/C31H28BrNO7/c1-31-21(27(36)25-18(28(31)37)4-3-5-22(25)40-2)14-20-17(26(31)15-6-8-16(32)9-7-15)10-11-19-24(20)30(39)33(29(19)38)13-12-23(34)35/h3-10,19-21,24,26H,11-14H2,1-2H3,(H,34,35)/t19-,20+,21-,24-,26-,31+/m0/s1. The molecule has 6 atom stereocenters. The second-order valence-corrected chi connectivity index (χ2v) is 12.2.